The Hall–Kier alpha value is -5.05. The van der Waals surface area contributed by atoms with E-state index in [0.29, 0.717) is 23.0 Å². The normalized spacial score (nSPS) is 12.5. The number of aromatic nitrogens is 4. The second-order valence-corrected chi connectivity index (χ2v) is 8.71. The maximum Gasteiger partial charge on any atom is 0.256 e. The summed E-state index contributed by atoms with van der Waals surface area (Å²) in [4.78, 5) is 34.6. The molecule has 38 heavy (non-hydrogen) atoms. The number of benzene rings is 1. The van der Waals surface area contributed by atoms with Crippen molar-refractivity contribution < 1.29 is 4.79 Å². The van der Waals surface area contributed by atoms with Crippen molar-refractivity contribution in [2.24, 2.45) is 0 Å². The highest BCUT2D eigenvalue weighted by atomic mass is 16.1. The molecule has 1 aromatic carbocycles. The minimum atomic E-state index is -0.215. The summed E-state index contributed by atoms with van der Waals surface area (Å²) in [6.45, 7) is 5.64. The Balaban J connectivity index is 1.20. The summed E-state index contributed by atoms with van der Waals surface area (Å²) >= 11 is 0. The highest BCUT2D eigenvalue weighted by Gasteiger charge is 2.11. The fraction of sp³-hybridized carbons (Fsp3) is 0.138. The van der Waals surface area contributed by atoms with Crippen molar-refractivity contribution in [2.45, 2.75) is 20.4 Å². The molecule has 0 aliphatic carbocycles. The van der Waals surface area contributed by atoms with Gasteiger partial charge in [-0.3, -0.25) is 9.78 Å². The van der Waals surface area contributed by atoms with Crippen LogP contribution in [0.2, 0.25) is 0 Å². The van der Waals surface area contributed by atoms with E-state index in [2.05, 4.69) is 47.3 Å². The molecule has 0 fully saturated rings. The molecule has 0 saturated carbocycles. The first kappa shape index (κ1) is 24.6. The highest BCUT2D eigenvalue weighted by molar-refractivity contribution is 6.03. The zero-order valence-corrected chi connectivity index (χ0v) is 21.2. The molecule has 0 spiro atoms. The van der Waals surface area contributed by atoms with Crippen LogP contribution in [-0.4, -0.2) is 42.2 Å². The molecular formula is C29H28N8O. The SMILES string of the molecule is CCN1C=CN(Cc2ccc(C(=O)Nc3ccc(Nc4nccc(-c5cccnc5)n4)c(C)n3)cc2)C=C1. The van der Waals surface area contributed by atoms with Gasteiger partial charge < -0.3 is 20.4 Å². The average Bonchev–Trinajstić information content (AvgIpc) is 2.96. The lowest BCUT2D eigenvalue weighted by molar-refractivity contribution is 0.102. The lowest BCUT2D eigenvalue weighted by Gasteiger charge is -2.24. The van der Waals surface area contributed by atoms with Gasteiger partial charge in [0.15, 0.2) is 0 Å². The monoisotopic (exact) mass is 504 g/mol. The van der Waals surface area contributed by atoms with Crippen molar-refractivity contribution in [3.05, 3.63) is 115 Å². The van der Waals surface area contributed by atoms with Gasteiger partial charge in [-0.05, 0) is 61.9 Å². The second-order valence-electron chi connectivity index (χ2n) is 8.71. The van der Waals surface area contributed by atoms with Crippen molar-refractivity contribution >= 4 is 23.4 Å². The van der Waals surface area contributed by atoms with Gasteiger partial charge in [0.2, 0.25) is 5.95 Å². The van der Waals surface area contributed by atoms with Crippen LogP contribution in [0.1, 0.15) is 28.5 Å². The van der Waals surface area contributed by atoms with E-state index in [9.17, 15) is 4.79 Å². The molecule has 0 unspecified atom stereocenters. The summed E-state index contributed by atoms with van der Waals surface area (Å²) < 4.78 is 0. The topological polar surface area (TPSA) is 99.2 Å². The standard InChI is InChI=1S/C29H28N8O/c1-3-36-15-17-37(18-16-36)20-22-6-8-23(9-7-22)28(38)35-27-11-10-25(21(2)32-27)33-29-31-14-12-26(34-29)24-5-4-13-30-19-24/h4-19H,3,20H2,1-2H3,(H,31,33,34)(H,32,35,38). The van der Waals surface area contributed by atoms with Crippen LogP contribution in [0, 0.1) is 6.92 Å². The lowest BCUT2D eigenvalue weighted by atomic mass is 10.1. The van der Waals surface area contributed by atoms with E-state index in [1.807, 2.05) is 80.3 Å². The molecule has 190 valence electrons. The van der Waals surface area contributed by atoms with Crippen LogP contribution in [0.5, 0.6) is 0 Å². The van der Waals surface area contributed by atoms with Crippen LogP contribution < -0.4 is 10.6 Å². The number of nitrogens with zero attached hydrogens (tertiary/aromatic N) is 6. The number of rotatable bonds is 8. The molecule has 0 saturated heterocycles. The van der Waals surface area contributed by atoms with E-state index >= 15 is 0 Å². The summed E-state index contributed by atoms with van der Waals surface area (Å²) in [6.07, 6.45) is 13.3. The molecule has 0 radical (unpaired) electrons. The third-order valence-corrected chi connectivity index (χ3v) is 6.03. The van der Waals surface area contributed by atoms with E-state index in [0.717, 1.165) is 35.6 Å². The van der Waals surface area contributed by atoms with Gasteiger partial charge in [-0.25, -0.2) is 15.0 Å². The van der Waals surface area contributed by atoms with Gasteiger partial charge in [-0.1, -0.05) is 12.1 Å². The van der Waals surface area contributed by atoms with Gasteiger partial charge in [-0.2, -0.15) is 0 Å². The average molecular weight is 505 g/mol. The van der Waals surface area contributed by atoms with Gasteiger partial charge in [0.25, 0.3) is 5.91 Å². The predicted octanol–water partition coefficient (Wildman–Crippen LogP) is 5.32. The molecule has 2 N–H and O–H groups in total. The van der Waals surface area contributed by atoms with Crippen LogP contribution in [-0.2, 0) is 6.54 Å². The number of hydrogen-bond donors (Lipinski definition) is 2. The number of carbonyl (C=O) groups is 1. The van der Waals surface area contributed by atoms with Crippen LogP contribution in [0.4, 0.5) is 17.5 Å². The largest absolute Gasteiger partial charge is 0.352 e. The van der Waals surface area contributed by atoms with E-state index in [1.54, 1.807) is 24.7 Å². The third kappa shape index (κ3) is 6.01. The Labute approximate surface area is 221 Å². The van der Waals surface area contributed by atoms with E-state index < -0.39 is 0 Å². The van der Waals surface area contributed by atoms with Gasteiger partial charge in [0.05, 0.1) is 17.1 Å². The maximum atomic E-state index is 12.8. The Morgan fingerprint density at radius 2 is 1.68 bits per heavy atom. The fourth-order valence-electron chi connectivity index (χ4n) is 3.90. The number of hydrogen-bond acceptors (Lipinski definition) is 8. The Kier molecular flexibility index (Phi) is 7.35. The van der Waals surface area contributed by atoms with Crippen LogP contribution in [0.25, 0.3) is 11.3 Å². The van der Waals surface area contributed by atoms with Gasteiger partial charge >= 0.3 is 0 Å². The molecule has 3 aromatic heterocycles. The van der Waals surface area contributed by atoms with Crippen molar-refractivity contribution in [1.82, 2.24) is 29.7 Å². The second kappa shape index (κ2) is 11.3. The number of pyridine rings is 2. The summed E-state index contributed by atoms with van der Waals surface area (Å²) in [5.74, 6) is 0.704. The molecule has 4 aromatic rings. The third-order valence-electron chi connectivity index (χ3n) is 6.03. The zero-order valence-electron chi connectivity index (χ0n) is 21.2. The van der Waals surface area contributed by atoms with Crippen molar-refractivity contribution in [3.8, 4) is 11.3 Å². The van der Waals surface area contributed by atoms with Gasteiger partial charge in [0, 0.05) is 67.6 Å². The number of aryl methyl sites for hydroxylation is 1. The first-order valence-electron chi connectivity index (χ1n) is 12.3. The molecule has 0 bridgehead atoms. The molecule has 1 aliphatic rings. The summed E-state index contributed by atoms with van der Waals surface area (Å²) in [6, 6.07) is 16.8. The fourth-order valence-corrected chi connectivity index (χ4v) is 3.90. The number of carbonyl (C=O) groups excluding carboxylic acids is 1. The van der Waals surface area contributed by atoms with E-state index in [-0.39, 0.29) is 5.91 Å². The highest BCUT2D eigenvalue weighted by Crippen LogP contribution is 2.22. The molecule has 9 nitrogen and oxygen atoms in total. The number of nitrogens with one attached hydrogen (secondary N) is 2. The molecule has 5 rings (SSSR count). The maximum absolute atomic E-state index is 12.8. The van der Waals surface area contributed by atoms with Crippen LogP contribution in [0.15, 0.2) is 98.0 Å². The molecular weight excluding hydrogens is 476 g/mol. The van der Waals surface area contributed by atoms with Crippen molar-refractivity contribution in [3.63, 3.8) is 0 Å². The first-order valence-corrected chi connectivity index (χ1v) is 12.3. The summed E-state index contributed by atoms with van der Waals surface area (Å²) in [5, 5.41) is 6.08. The summed E-state index contributed by atoms with van der Waals surface area (Å²) in [5.41, 5.74) is 4.81. The van der Waals surface area contributed by atoms with Crippen LogP contribution in [0.3, 0.4) is 0 Å². The minimum absolute atomic E-state index is 0.215. The first-order chi connectivity index (χ1) is 18.6. The molecule has 1 aliphatic heterocycles. The van der Waals surface area contributed by atoms with Crippen LogP contribution >= 0.6 is 0 Å². The molecule has 9 heteroatoms. The van der Waals surface area contributed by atoms with Crippen molar-refractivity contribution in [2.75, 3.05) is 17.2 Å². The van der Waals surface area contributed by atoms with E-state index in [4.69, 9.17) is 0 Å². The smallest absolute Gasteiger partial charge is 0.256 e. The van der Waals surface area contributed by atoms with Crippen molar-refractivity contribution in [1.29, 1.82) is 0 Å². The lowest BCUT2D eigenvalue weighted by Crippen LogP contribution is -2.19. The van der Waals surface area contributed by atoms with Gasteiger partial charge in [0.1, 0.15) is 5.82 Å². The Bertz CT molecular complexity index is 1450. The number of amides is 1. The van der Waals surface area contributed by atoms with E-state index in [1.165, 1.54) is 0 Å². The predicted molar refractivity (Wildman–Crippen MR) is 148 cm³/mol. The molecule has 1 amide bonds. The quantitative estimate of drug-likeness (QED) is 0.333. The minimum Gasteiger partial charge on any atom is -0.352 e. The Morgan fingerprint density at radius 1 is 0.895 bits per heavy atom. The molecule has 0 atom stereocenters. The summed E-state index contributed by atoms with van der Waals surface area (Å²) in [7, 11) is 0. The number of anilines is 3. The van der Waals surface area contributed by atoms with Gasteiger partial charge in [-0.15, -0.1) is 0 Å². The Morgan fingerprint density at radius 3 is 2.39 bits per heavy atom. The molecule has 4 heterocycles. The zero-order chi connectivity index (χ0) is 26.3.